The van der Waals surface area contributed by atoms with Crippen molar-refractivity contribution < 1.29 is 30.9 Å². The molecule has 94 valence electrons. The maximum absolute atomic E-state index is 10.7. The fraction of sp³-hybridized carbons (Fsp3) is 0.714. The SMILES string of the molecule is O=C=C[S+]1CCCC1.O=S(=O)([O-])C(F)(F)F. The average molecular weight is 278 g/mol. The molecule has 1 saturated heterocycles. The molecule has 0 aliphatic carbocycles. The Morgan fingerprint density at radius 3 is 1.88 bits per heavy atom. The zero-order chi connectivity index (χ0) is 12.8. The van der Waals surface area contributed by atoms with Gasteiger partial charge < -0.3 is 4.55 Å². The second-order valence-corrected chi connectivity index (χ2v) is 6.29. The molecule has 1 rings (SSSR count). The van der Waals surface area contributed by atoms with Crippen molar-refractivity contribution in [2.75, 3.05) is 11.5 Å². The molecule has 0 aromatic carbocycles. The molecular weight excluding hydrogens is 269 g/mol. The van der Waals surface area contributed by atoms with Crippen molar-refractivity contribution in [3.63, 3.8) is 0 Å². The Morgan fingerprint density at radius 2 is 1.62 bits per heavy atom. The van der Waals surface area contributed by atoms with Gasteiger partial charge in [0.15, 0.2) is 16.1 Å². The molecule has 0 radical (unpaired) electrons. The molecule has 0 saturated carbocycles. The summed E-state index contributed by atoms with van der Waals surface area (Å²) in [6.45, 7) is 0. The zero-order valence-electron chi connectivity index (χ0n) is 7.99. The van der Waals surface area contributed by atoms with Gasteiger partial charge in [0.1, 0.15) is 11.5 Å². The van der Waals surface area contributed by atoms with Crippen molar-refractivity contribution >= 4 is 27.0 Å². The summed E-state index contributed by atoms with van der Waals surface area (Å²) in [5, 5.41) is 1.69. The Morgan fingerprint density at radius 1 is 1.25 bits per heavy atom. The van der Waals surface area contributed by atoms with E-state index in [1.807, 2.05) is 5.94 Å². The Hall–Kier alpha value is -0.500. The third-order valence-electron chi connectivity index (χ3n) is 1.56. The van der Waals surface area contributed by atoms with Gasteiger partial charge in [-0.05, 0) is 12.8 Å². The Balaban J connectivity index is 0.000000281. The first kappa shape index (κ1) is 15.5. The number of hydrogen-bond donors (Lipinski definition) is 0. The molecule has 9 heteroatoms. The van der Waals surface area contributed by atoms with Gasteiger partial charge in [-0.3, -0.25) is 0 Å². The van der Waals surface area contributed by atoms with Gasteiger partial charge in [-0.25, -0.2) is 13.2 Å². The van der Waals surface area contributed by atoms with Crippen LogP contribution in [0.15, 0.2) is 5.41 Å². The Bertz CT molecular complexity index is 350. The van der Waals surface area contributed by atoms with E-state index in [0.29, 0.717) is 10.9 Å². The predicted octanol–water partition coefficient (Wildman–Crippen LogP) is 0.795. The lowest BCUT2D eigenvalue weighted by atomic mass is 10.4. The predicted molar refractivity (Wildman–Crippen MR) is 52.3 cm³/mol. The van der Waals surface area contributed by atoms with Crippen LogP contribution in [0.25, 0.3) is 0 Å². The van der Waals surface area contributed by atoms with Crippen molar-refractivity contribution in [1.29, 1.82) is 0 Å². The zero-order valence-corrected chi connectivity index (χ0v) is 9.62. The molecule has 4 nitrogen and oxygen atoms in total. The molecule has 0 N–H and O–H groups in total. The van der Waals surface area contributed by atoms with Gasteiger partial charge in [-0.15, -0.1) is 0 Å². The average Bonchev–Trinajstić information content (AvgIpc) is 2.54. The maximum atomic E-state index is 10.7. The summed E-state index contributed by atoms with van der Waals surface area (Å²) >= 11 is 0. The van der Waals surface area contributed by atoms with Gasteiger partial charge in [0.05, 0.1) is 0 Å². The molecule has 0 spiro atoms. The highest BCUT2D eigenvalue weighted by molar-refractivity contribution is 8.00. The van der Waals surface area contributed by atoms with Crippen molar-refractivity contribution in [2.45, 2.75) is 18.3 Å². The molecule has 1 aliphatic heterocycles. The van der Waals surface area contributed by atoms with Crippen LogP contribution in [-0.2, 0) is 25.8 Å². The van der Waals surface area contributed by atoms with Crippen LogP contribution in [0.1, 0.15) is 12.8 Å². The van der Waals surface area contributed by atoms with E-state index < -0.39 is 15.6 Å². The van der Waals surface area contributed by atoms with Gasteiger partial charge in [0.2, 0.25) is 5.41 Å². The first-order valence-electron chi connectivity index (χ1n) is 4.08. The van der Waals surface area contributed by atoms with Crippen molar-refractivity contribution in [1.82, 2.24) is 0 Å². The lowest BCUT2D eigenvalue weighted by molar-refractivity contribution is -0.0517. The van der Waals surface area contributed by atoms with Crippen LogP contribution in [0.3, 0.4) is 0 Å². The van der Waals surface area contributed by atoms with Crippen molar-refractivity contribution in [3.8, 4) is 0 Å². The number of carbonyl (C=O) groups excluding carboxylic acids is 1. The number of hydrogen-bond acceptors (Lipinski definition) is 4. The Kier molecular flexibility index (Phi) is 6.09. The molecule has 0 aromatic heterocycles. The summed E-state index contributed by atoms with van der Waals surface area (Å²) in [5.41, 5.74) is -5.65. The summed E-state index contributed by atoms with van der Waals surface area (Å²) < 4.78 is 58.9. The Labute approximate surface area is 93.6 Å². The molecule has 0 unspecified atom stereocenters. The first-order valence-corrected chi connectivity index (χ1v) is 7.11. The quantitative estimate of drug-likeness (QED) is 0.308. The highest BCUT2D eigenvalue weighted by Crippen LogP contribution is 2.20. The molecular formula is C7H9F3O4S2. The van der Waals surface area contributed by atoms with E-state index in [9.17, 15) is 18.0 Å². The topological polar surface area (TPSA) is 74.3 Å². The molecule has 1 heterocycles. The van der Waals surface area contributed by atoms with Crippen LogP contribution in [0.2, 0.25) is 0 Å². The normalized spacial score (nSPS) is 17.2. The number of alkyl halides is 3. The minimum absolute atomic E-state index is 0.324. The minimum Gasteiger partial charge on any atom is -0.741 e. The largest absolute Gasteiger partial charge is 0.741 e. The van der Waals surface area contributed by atoms with E-state index in [4.69, 9.17) is 13.0 Å². The van der Waals surface area contributed by atoms with Crippen LogP contribution in [0.5, 0.6) is 0 Å². The molecule has 0 amide bonds. The summed E-state index contributed by atoms with van der Waals surface area (Å²) in [4.78, 5) is 9.79. The van der Waals surface area contributed by atoms with E-state index in [-0.39, 0.29) is 0 Å². The second-order valence-electron chi connectivity index (χ2n) is 2.79. The van der Waals surface area contributed by atoms with Gasteiger partial charge in [-0.1, -0.05) is 0 Å². The molecule has 1 fully saturated rings. The van der Waals surface area contributed by atoms with Crippen molar-refractivity contribution in [3.05, 3.63) is 5.41 Å². The summed E-state index contributed by atoms with van der Waals surface area (Å²) in [5.74, 6) is 4.31. The molecule has 1 aliphatic rings. The van der Waals surface area contributed by atoms with E-state index in [0.717, 1.165) is 0 Å². The van der Waals surface area contributed by atoms with E-state index >= 15 is 0 Å². The van der Waals surface area contributed by atoms with Gasteiger partial charge in [-0.2, -0.15) is 13.2 Å². The number of rotatable bonds is 1. The van der Waals surface area contributed by atoms with Gasteiger partial charge >= 0.3 is 5.51 Å². The summed E-state index contributed by atoms with van der Waals surface area (Å²) in [6.07, 6.45) is 2.61. The highest BCUT2D eigenvalue weighted by Gasteiger charge is 2.36. The first-order chi connectivity index (χ1) is 7.18. The van der Waals surface area contributed by atoms with Gasteiger partial charge in [0, 0.05) is 10.9 Å². The smallest absolute Gasteiger partial charge is 0.485 e. The fourth-order valence-electron chi connectivity index (χ4n) is 0.863. The highest BCUT2D eigenvalue weighted by atomic mass is 32.2. The molecule has 0 atom stereocenters. The second kappa shape index (κ2) is 6.29. The van der Waals surface area contributed by atoms with Crippen molar-refractivity contribution in [2.24, 2.45) is 0 Å². The summed E-state index contributed by atoms with van der Waals surface area (Å²) in [7, 11) is -5.77. The maximum Gasteiger partial charge on any atom is 0.485 e. The van der Waals surface area contributed by atoms with E-state index in [1.165, 1.54) is 24.3 Å². The van der Waals surface area contributed by atoms with Gasteiger partial charge in [0.25, 0.3) is 0 Å². The standard InChI is InChI=1S/C6H9OS.CHF3O3S/c7-3-6-8-4-1-2-5-8;2-1(3,4)8(5,6)7/h6H,1-2,4-5H2;(H,5,6,7)/q+1;/p-1. The van der Waals surface area contributed by atoms with Crippen LogP contribution >= 0.6 is 0 Å². The third-order valence-corrected chi connectivity index (χ3v) is 4.18. The van der Waals surface area contributed by atoms with Crippen LogP contribution < -0.4 is 0 Å². The lowest BCUT2D eigenvalue weighted by Crippen LogP contribution is -2.21. The monoisotopic (exact) mass is 278 g/mol. The lowest BCUT2D eigenvalue weighted by Gasteiger charge is -2.08. The van der Waals surface area contributed by atoms with Crippen LogP contribution in [-0.4, -0.2) is 35.9 Å². The fourth-order valence-corrected chi connectivity index (χ4v) is 2.59. The van der Waals surface area contributed by atoms with E-state index in [1.54, 1.807) is 5.41 Å². The molecule has 0 bridgehead atoms. The molecule has 16 heavy (non-hydrogen) atoms. The van der Waals surface area contributed by atoms with E-state index in [2.05, 4.69) is 0 Å². The van der Waals surface area contributed by atoms with Crippen LogP contribution in [0, 0.1) is 0 Å². The molecule has 0 aromatic rings. The number of halogens is 3. The minimum atomic E-state index is -6.09. The van der Waals surface area contributed by atoms with Crippen LogP contribution in [0.4, 0.5) is 13.2 Å². The third kappa shape index (κ3) is 6.16. The summed E-state index contributed by atoms with van der Waals surface area (Å²) in [6, 6.07) is 0.